The predicted molar refractivity (Wildman–Crippen MR) is 80.3 cm³/mol. The highest BCUT2D eigenvalue weighted by atomic mass is 16.4. The molecule has 2 aliphatic rings. The van der Waals surface area contributed by atoms with E-state index >= 15 is 0 Å². The number of nitrogens with zero attached hydrogens (tertiary/aromatic N) is 1. The van der Waals surface area contributed by atoms with E-state index in [1.165, 1.54) is 24.8 Å². The van der Waals surface area contributed by atoms with Crippen LogP contribution in [0.3, 0.4) is 0 Å². The lowest BCUT2D eigenvalue weighted by Gasteiger charge is -2.45. The van der Waals surface area contributed by atoms with Crippen LogP contribution in [0.2, 0.25) is 0 Å². The molecule has 108 valence electrons. The summed E-state index contributed by atoms with van der Waals surface area (Å²) in [4.78, 5) is 14.2. The lowest BCUT2D eigenvalue weighted by atomic mass is 9.73. The normalized spacial score (nSPS) is 29.3. The molecule has 3 nitrogen and oxygen atoms in total. The molecule has 0 radical (unpaired) electrons. The Hall–Kier alpha value is -1.51. The van der Waals surface area contributed by atoms with Crippen LogP contribution >= 0.6 is 0 Å². The molecule has 1 heterocycles. The number of carbonyl (C=O) groups is 1. The van der Waals surface area contributed by atoms with Gasteiger partial charge in [-0.2, -0.15) is 0 Å². The maximum absolute atomic E-state index is 11.9. The topological polar surface area (TPSA) is 40.5 Å². The van der Waals surface area contributed by atoms with Crippen LogP contribution in [0, 0.1) is 12.8 Å². The largest absolute Gasteiger partial charge is 0.481 e. The van der Waals surface area contributed by atoms with E-state index in [0.717, 1.165) is 24.1 Å². The lowest BCUT2D eigenvalue weighted by molar-refractivity contribution is -0.140. The fourth-order valence-electron chi connectivity index (χ4n) is 4.31. The summed E-state index contributed by atoms with van der Waals surface area (Å²) in [6.45, 7) is 2.09. The number of aryl methyl sites for hydroxylation is 1. The Morgan fingerprint density at radius 1 is 1.25 bits per heavy atom. The molecule has 20 heavy (non-hydrogen) atoms. The standard InChI is InChI=1S/C17H23NO2/c1-11-7-6-9-13-15(17(19)20)12-8-4-3-5-10-14(12)18(2)16(11)13/h6-7,9,12,14-15H,3-5,8,10H2,1-2H3,(H,19,20). The third kappa shape index (κ3) is 2.00. The van der Waals surface area contributed by atoms with Crippen LogP contribution in [0.5, 0.6) is 0 Å². The summed E-state index contributed by atoms with van der Waals surface area (Å²) in [7, 11) is 2.15. The molecule has 0 spiro atoms. The van der Waals surface area contributed by atoms with Gasteiger partial charge in [-0.15, -0.1) is 0 Å². The molecule has 3 unspecified atom stereocenters. The first-order valence-electron chi connectivity index (χ1n) is 7.66. The van der Waals surface area contributed by atoms with E-state index in [4.69, 9.17) is 0 Å². The summed E-state index contributed by atoms with van der Waals surface area (Å²) >= 11 is 0. The number of hydrogen-bond acceptors (Lipinski definition) is 2. The van der Waals surface area contributed by atoms with Crippen molar-refractivity contribution in [2.45, 2.75) is 51.0 Å². The van der Waals surface area contributed by atoms with Gasteiger partial charge in [0, 0.05) is 18.8 Å². The van der Waals surface area contributed by atoms with Gasteiger partial charge in [0.2, 0.25) is 0 Å². The molecule has 3 atom stereocenters. The van der Waals surface area contributed by atoms with E-state index in [2.05, 4.69) is 24.9 Å². The van der Waals surface area contributed by atoms with Crippen molar-refractivity contribution in [1.29, 1.82) is 0 Å². The number of fused-ring (bicyclic) bond motifs is 2. The summed E-state index contributed by atoms with van der Waals surface area (Å²) in [5.41, 5.74) is 3.37. The van der Waals surface area contributed by atoms with E-state index in [0.29, 0.717) is 6.04 Å². The molecule has 3 heteroatoms. The number of anilines is 1. The molecule has 1 saturated carbocycles. The van der Waals surface area contributed by atoms with Crippen molar-refractivity contribution in [2.24, 2.45) is 5.92 Å². The number of rotatable bonds is 1. The Bertz CT molecular complexity index is 526. The fourth-order valence-corrected chi connectivity index (χ4v) is 4.31. The van der Waals surface area contributed by atoms with Crippen LogP contribution in [0.25, 0.3) is 0 Å². The number of hydrogen-bond donors (Lipinski definition) is 1. The Balaban J connectivity index is 2.14. The van der Waals surface area contributed by atoms with Crippen molar-refractivity contribution in [1.82, 2.24) is 0 Å². The van der Waals surface area contributed by atoms with Crippen molar-refractivity contribution in [2.75, 3.05) is 11.9 Å². The molecule has 1 N–H and O–H groups in total. The minimum Gasteiger partial charge on any atom is -0.481 e. The molecule has 3 rings (SSSR count). The third-order valence-electron chi connectivity index (χ3n) is 5.18. The average Bonchev–Trinajstić information content (AvgIpc) is 2.64. The van der Waals surface area contributed by atoms with Gasteiger partial charge in [-0.3, -0.25) is 4.79 Å². The van der Waals surface area contributed by atoms with Gasteiger partial charge in [0.1, 0.15) is 0 Å². The molecule has 1 aliphatic heterocycles. The van der Waals surface area contributed by atoms with Crippen molar-refractivity contribution in [3.63, 3.8) is 0 Å². The second-order valence-electron chi connectivity index (χ2n) is 6.31. The van der Waals surface area contributed by atoms with Crippen molar-refractivity contribution in [3.05, 3.63) is 29.3 Å². The Morgan fingerprint density at radius 3 is 2.75 bits per heavy atom. The fraction of sp³-hybridized carbons (Fsp3) is 0.588. The Kier molecular flexibility index (Phi) is 3.45. The van der Waals surface area contributed by atoms with Crippen LogP contribution in [0.1, 0.15) is 49.1 Å². The van der Waals surface area contributed by atoms with Crippen LogP contribution in [0.15, 0.2) is 18.2 Å². The van der Waals surface area contributed by atoms with Gasteiger partial charge in [-0.25, -0.2) is 0 Å². The molecule has 1 aliphatic carbocycles. The molecule has 1 aromatic rings. The molecule has 0 amide bonds. The molecule has 0 bridgehead atoms. The molecule has 0 saturated heterocycles. The average molecular weight is 273 g/mol. The summed E-state index contributed by atoms with van der Waals surface area (Å²) in [6, 6.07) is 6.48. The Morgan fingerprint density at radius 2 is 2.00 bits per heavy atom. The Labute approximate surface area is 120 Å². The zero-order valence-electron chi connectivity index (χ0n) is 12.3. The number of para-hydroxylation sites is 1. The summed E-state index contributed by atoms with van der Waals surface area (Å²) in [6.07, 6.45) is 5.79. The van der Waals surface area contributed by atoms with Gasteiger partial charge in [0.15, 0.2) is 0 Å². The van der Waals surface area contributed by atoms with Gasteiger partial charge in [-0.05, 0) is 36.8 Å². The SMILES string of the molecule is Cc1cccc2c1N(C)C1CCCCCC1C2C(=O)O. The van der Waals surface area contributed by atoms with Gasteiger partial charge in [0.25, 0.3) is 0 Å². The van der Waals surface area contributed by atoms with Crippen LogP contribution in [-0.4, -0.2) is 24.2 Å². The lowest BCUT2D eigenvalue weighted by Crippen LogP contribution is -2.46. The quantitative estimate of drug-likeness (QED) is 0.850. The first-order chi connectivity index (χ1) is 9.61. The van der Waals surface area contributed by atoms with E-state index in [9.17, 15) is 9.90 Å². The first-order valence-corrected chi connectivity index (χ1v) is 7.66. The molecule has 1 aromatic carbocycles. The van der Waals surface area contributed by atoms with Gasteiger partial charge in [-0.1, -0.05) is 37.5 Å². The number of aliphatic carboxylic acids is 1. The molecular formula is C17H23NO2. The molecular weight excluding hydrogens is 250 g/mol. The van der Waals surface area contributed by atoms with Crippen molar-refractivity contribution in [3.8, 4) is 0 Å². The molecule has 0 aromatic heterocycles. The van der Waals surface area contributed by atoms with Crippen molar-refractivity contribution < 1.29 is 9.90 Å². The monoisotopic (exact) mass is 273 g/mol. The summed E-state index contributed by atoms with van der Waals surface area (Å²) in [5, 5.41) is 9.77. The maximum atomic E-state index is 11.9. The minimum atomic E-state index is -0.651. The highest BCUT2D eigenvalue weighted by molar-refractivity contribution is 5.82. The smallest absolute Gasteiger partial charge is 0.311 e. The number of carboxylic acid groups (broad SMARTS) is 1. The van der Waals surface area contributed by atoms with Crippen LogP contribution < -0.4 is 4.90 Å². The summed E-state index contributed by atoms with van der Waals surface area (Å²) in [5.74, 6) is -0.722. The highest BCUT2D eigenvalue weighted by Crippen LogP contribution is 2.47. The molecule has 1 fully saturated rings. The highest BCUT2D eigenvalue weighted by Gasteiger charge is 2.43. The maximum Gasteiger partial charge on any atom is 0.311 e. The van der Waals surface area contributed by atoms with Gasteiger partial charge < -0.3 is 10.0 Å². The number of benzene rings is 1. The van der Waals surface area contributed by atoms with Gasteiger partial charge >= 0.3 is 5.97 Å². The zero-order chi connectivity index (χ0) is 14.3. The zero-order valence-corrected chi connectivity index (χ0v) is 12.3. The summed E-state index contributed by atoms with van der Waals surface area (Å²) < 4.78 is 0. The van der Waals surface area contributed by atoms with E-state index in [1.807, 2.05) is 12.1 Å². The second kappa shape index (κ2) is 5.12. The van der Waals surface area contributed by atoms with Gasteiger partial charge in [0.05, 0.1) is 5.92 Å². The van der Waals surface area contributed by atoms with E-state index in [1.54, 1.807) is 0 Å². The van der Waals surface area contributed by atoms with Crippen LogP contribution in [-0.2, 0) is 4.79 Å². The third-order valence-corrected chi connectivity index (χ3v) is 5.18. The second-order valence-corrected chi connectivity index (χ2v) is 6.31. The predicted octanol–water partition coefficient (Wildman–Crippen LogP) is 3.56. The number of carboxylic acids is 1. The van der Waals surface area contributed by atoms with Crippen molar-refractivity contribution >= 4 is 11.7 Å². The van der Waals surface area contributed by atoms with E-state index < -0.39 is 5.97 Å². The minimum absolute atomic E-state index is 0.259. The van der Waals surface area contributed by atoms with Crippen LogP contribution in [0.4, 0.5) is 5.69 Å². The van der Waals surface area contributed by atoms with E-state index in [-0.39, 0.29) is 11.8 Å². The first kappa shape index (κ1) is 13.5.